The minimum Gasteiger partial charge on any atom is -0.332 e. The Hall–Kier alpha value is -3.13. The van der Waals surface area contributed by atoms with Gasteiger partial charge >= 0.3 is 0 Å². The molecule has 26 heavy (non-hydrogen) atoms. The molecule has 4 rings (SSSR count). The number of benzene rings is 2. The maximum atomic E-state index is 13.4. The molecular weight excluding hydrogens is 403 g/mol. The molecule has 0 N–H and O–H groups in total. The first-order valence-corrected chi connectivity index (χ1v) is 8.35. The second kappa shape index (κ2) is 6.64. The highest BCUT2D eigenvalue weighted by atomic mass is 79.9. The van der Waals surface area contributed by atoms with Crippen molar-refractivity contribution in [3.63, 3.8) is 0 Å². The summed E-state index contributed by atoms with van der Waals surface area (Å²) in [6.07, 6.45) is 1.55. The van der Waals surface area contributed by atoms with Gasteiger partial charge in [0, 0.05) is 22.3 Å². The average Bonchev–Trinajstić information content (AvgIpc) is 3.12. The van der Waals surface area contributed by atoms with Crippen molar-refractivity contribution >= 4 is 15.9 Å². The zero-order valence-electron chi connectivity index (χ0n) is 13.1. The zero-order valence-corrected chi connectivity index (χ0v) is 14.7. The summed E-state index contributed by atoms with van der Waals surface area (Å²) in [6, 6.07) is 14.6. The van der Waals surface area contributed by atoms with Crippen LogP contribution in [-0.2, 0) is 0 Å². The van der Waals surface area contributed by atoms with Crippen molar-refractivity contribution in [1.29, 1.82) is 0 Å². The summed E-state index contributed by atoms with van der Waals surface area (Å²) in [5.74, 6) is -0.263. The van der Waals surface area contributed by atoms with Crippen molar-refractivity contribution in [1.82, 2.24) is 19.9 Å². The van der Waals surface area contributed by atoms with E-state index >= 15 is 0 Å². The summed E-state index contributed by atoms with van der Waals surface area (Å²) in [7, 11) is 0. The van der Waals surface area contributed by atoms with Crippen molar-refractivity contribution in [3.8, 4) is 28.7 Å². The van der Waals surface area contributed by atoms with Crippen LogP contribution in [0.25, 0.3) is 28.7 Å². The predicted octanol–water partition coefficient (Wildman–Crippen LogP) is 3.85. The first-order chi connectivity index (χ1) is 12.6. The van der Waals surface area contributed by atoms with Gasteiger partial charge in [0.1, 0.15) is 5.82 Å². The van der Waals surface area contributed by atoms with Gasteiger partial charge in [0.25, 0.3) is 5.89 Å². The fourth-order valence-corrected chi connectivity index (χ4v) is 2.77. The topological polar surface area (TPSA) is 73.8 Å². The molecule has 0 saturated heterocycles. The summed E-state index contributed by atoms with van der Waals surface area (Å²) in [4.78, 5) is 16.4. The van der Waals surface area contributed by atoms with Gasteiger partial charge in [-0.2, -0.15) is 10.1 Å². The van der Waals surface area contributed by atoms with Crippen LogP contribution in [0, 0.1) is 5.82 Å². The molecule has 128 valence electrons. The molecule has 6 nitrogen and oxygen atoms in total. The first-order valence-electron chi connectivity index (χ1n) is 7.56. The molecule has 0 amide bonds. The molecule has 2 aromatic carbocycles. The van der Waals surface area contributed by atoms with Crippen LogP contribution < -0.4 is 5.43 Å². The Morgan fingerprint density at radius 3 is 2.73 bits per heavy atom. The number of rotatable bonds is 3. The van der Waals surface area contributed by atoms with Gasteiger partial charge in [-0.1, -0.05) is 39.3 Å². The van der Waals surface area contributed by atoms with E-state index in [1.54, 1.807) is 18.3 Å². The highest BCUT2D eigenvalue weighted by Crippen LogP contribution is 2.20. The van der Waals surface area contributed by atoms with Crippen molar-refractivity contribution < 1.29 is 8.91 Å². The molecule has 0 fully saturated rings. The van der Waals surface area contributed by atoms with Gasteiger partial charge in [0.15, 0.2) is 5.69 Å². The summed E-state index contributed by atoms with van der Waals surface area (Å²) in [5.41, 5.74) is 0.863. The van der Waals surface area contributed by atoms with E-state index in [0.717, 1.165) is 10.2 Å². The summed E-state index contributed by atoms with van der Waals surface area (Å²) >= 11 is 3.40. The fraction of sp³-hybridized carbons (Fsp3) is 0. The van der Waals surface area contributed by atoms with Crippen molar-refractivity contribution in [2.24, 2.45) is 0 Å². The third kappa shape index (κ3) is 3.18. The Bertz CT molecular complexity index is 1160. The number of nitrogens with zero attached hydrogens (tertiary/aromatic N) is 4. The summed E-state index contributed by atoms with van der Waals surface area (Å²) in [5, 5.41) is 8.10. The molecule has 0 spiro atoms. The Morgan fingerprint density at radius 2 is 1.92 bits per heavy atom. The second-order valence-electron chi connectivity index (χ2n) is 5.39. The van der Waals surface area contributed by atoms with E-state index in [4.69, 9.17) is 4.52 Å². The lowest BCUT2D eigenvalue weighted by Gasteiger charge is -2.06. The lowest BCUT2D eigenvalue weighted by molar-refractivity contribution is 0.429. The van der Waals surface area contributed by atoms with E-state index in [9.17, 15) is 9.18 Å². The van der Waals surface area contributed by atoms with E-state index in [2.05, 4.69) is 31.2 Å². The van der Waals surface area contributed by atoms with Gasteiger partial charge in [-0.05, 0) is 30.3 Å². The zero-order chi connectivity index (χ0) is 18.1. The molecule has 0 radical (unpaired) electrons. The molecule has 0 aliphatic carbocycles. The van der Waals surface area contributed by atoms with Gasteiger partial charge in [0.05, 0.1) is 5.69 Å². The monoisotopic (exact) mass is 412 g/mol. The van der Waals surface area contributed by atoms with Crippen LogP contribution in [0.1, 0.15) is 0 Å². The third-order valence-electron chi connectivity index (χ3n) is 3.59. The molecule has 4 aromatic rings. The SMILES string of the molecule is O=c1ccn(-c2cccc(Br)c2)nc1-c1nc(-c2cccc(F)c2)no1. The maximum absolute atomic E-state index is 13.4. The number of halogens is 2. The van der Waals surface area contributed by atoms with Crippen LogP contribution in [0.5, 0.6) is 0 Å². The molecule has 0 atom stereocenters. The Morgan fingerprint density at radius 1 is 1.08 bits per heavy atom. The lowest BCUT2D eigenvalue weighted by Crippen LogP contribution is -2.12. The Kier molecular flexibility index (Phi) is 4.18. The van der Waals surface area contributed by atoms with Gasteiger partial charge in [-0.25, -0.2) is 9.07 Å². The van der Waals surface area contributed by atoms with Crippen LogP contribution in [0.3, 0.4) is 0 Å². The van der Waals surface area contributed by atoms with Crippen molar-refractivity contribution in [3.05, 3.63) is 81.3 Å². The molecule has 2 aromatic heterocycles. The minimum atomic E-state index is -0.413. The molecule has 2 heterocycles. The standard InChI is InChI=1S/C18H10BrFN4O2/c19-12-4-2-6-14(10-12)24-8-7-15(25)16(22-24)18-21-17(23-26-18)11-3-1-5-13(20)9-11/h1-10H. The molecular formula is C18H10BrFN4O2. The summed E-state index contributed by atoms with van der Waals surface area (Å²) < 4.78 is 20.9. The Balaban J connectivity index is 1.77. The van der Waals surface area contributed by atoms with Crippen LogP contribution in [-0.4, -0.2) is 19.9 Å². The highest BCUT2D eigenvalue weighted by molar-refractivity contribution is 9.10. The third-order valence-corrected chi connectivity index (χ3v) is 4.09. The number of hydrogen-bond acceptors (Lipinski definition) is 5. The molecule has 0 saturated carbocycles. The van der Waals surface area contributed by atoms with Crippen LogP contribution >= 0.6 is 15.9 Å². The lowest BCUT2D eigenvalue weighted by atomic mass is 10.2. The first kappa shape index (κ1) is 16.3. The molecule has 8 heteroatoms. The Labute approximate surface area is 155 Å². The smallest absolute Gasteiger partial charge is 0.282 e. The predicted molar refractivity (Wildman–Crippen MR) is 96.2 cm³/mol. The fourth-order valence-electron chi connectivity index (χ4n) is 2.38. The van der Waals surface area contributed by atoms with E-state index in [-0.39, 0.29) is 22.8 Å². The summed E-state index contributed by atoms with van der Waals surface area (Å²) in [6.45, 7) is 0. The van der Waals surface area contributed by atoms with E-state index in [0.29, 0.717) is 5.56 Å². The van der Waals surface area contributed by atoms with Crippen molar-refractivity contribution in [2.45, 2.75) is 0 Å². The molecule has 0 unspecified atom stereocenters. The van der Waals surface area contributed by atoms with Gasteiger partial charge in [-0.3, -0.25) is 4.79 Å². The molecule has 0 aliphatic rings. The van der Waals surface area contributed by atoms with E-state index in [1.807, 2.05) is 24.3 Å². The number of aromatic nitrogens is 4. The van der Waals surface area contributed by atoms with Gasteiger partial charge in [-0.15, -0.1) is 0 Å². The second-order valence-corrected chi connectivity index (χ2v) is 6.30. The molecule has 0 aliphatic heterocycles. The highest BCUT2D eigenvalue weighted by Gasteiger charge is 2.16. The maximum Gasteiger partial charge on any atom is 0.282 e. The van der Waals surface area contributed by atoms with Gasteiger partial charge in [0.2, 0.25) is 11.3 Å². The largest absolute Gasteiger partial charge is 0.332 e. The van der Waals surface area contributed by atoms with Gasteiger partial charge < -0.3 is 4.52 Å². The molecule has 0 bridgehead atoms. The van der Waals surface area contributed by atoms with Crippen LogP contribution in [0.2, 0.25) is 0 Å². The van der Waals surface area contributed by atoms with E-state index in [1.165, 1.54) is 22.9 Å². The van der Waals surface area contributed by atoms with Crippen LogP contribution in [0.4, 0.5) is 4.39 Å². The average molecular weight is 413 g/mol. The van der Waals surface area contributed by atoms with E-state index < -0.39 is 5.82 Å². The van der Waals surface area contributed by atoms with Crippen LogP contribution in [0.15, 0.2) is 74.6 Å². The quantitative estimate of drug-likeness (QED) is 0.510. The normalized spacial score (nSPS) is 10.8. The number of hydrogen-bond donors (Lipinski definition) is 0. The van der Waals surface area contributed by atoms with Crippen molar-refractivity contribution in [2.75, 3.05) is 0 Å². The minimum absolute atomic E-state index is 0.0163.